The molecule has 1 amide bonds. The van der Waals surface area contributed by atoms with Gasteiger partial charge in [0.05, 0.1) is 10.8 Å². The average molecular weight is 469 g/mol. The number of aromatic nitrogens is 2. The molecule has 1 saturated heterocycles. The fourth-order valence-corrected chi connectivity index (χ4v) is 5.41. The van der Waals surface area contributed by atoms with Crippen molar-refractivity contribution in [2.24, 2.45) is 0 Å². The molecule has 1 fully saturated rings. The Morgan fingerprint density at radius 1 is 1.18 bits per heavy atom. The molecule has 0 saturated carbocycles. The van der Waals surface area contributed by atoms with Crippen molar-refractivity contribution in [3.05, 3.63) is 65.5 Å². The summed E-state index contributed by atoms with van der Waals surface area (Å²) in [5.41, 5.74) is 2.19. The summed E-state index contributed by atoms with van der Waals surface area (Å²) in [4.78, 5) is 17.1. The molecule has 1 aromatic heterocycles. The summed E-state index contributed by atoms with van der Waals surface area (Å²) in [5, 5.41) is 6.96. The predicted octanol–water partition coefficient (Wildman–Crippen LogP) is 3.75. The van der Waals surface area contributed by atoms with Gasteiger partial charge < -0.3 is 9.84 Å². The van der Waals surface area contributed by atoms with Crippen LogP contribution in [-0.4, -0.2) is 47.9 Å². The molecule has 3 aromatic rings. The zero-order chi connectivity index (χ0) is 23.6. The molecule has 2 aromatic carbocycles. The number of benzene rings is 2. The van der Waals surface area contributed by atoms with E-state index < -0.39 is 10.0 Å². The van der Waals surface area contributed by atoms with Crippen LogP contribution in [0.3, 0.4) is 0 Å². The van der Waals surface area contributed by atoms with E-state index in [0.29, 0.717) is 35.8 Å². The second kappa shape index (κ2) is 9.44. The Morgan fingerprint density at radius 2 is 1.94 bits per heavy atom. The Kier molecular flexibility index (Phi) is 6.62. The lowest BCUT2D eigenvalue weighted by Crippen LogP contribution is -2.39. The normalized spacial score (nSPS) is 17.3. The van der Waals surface area contributed by atoms with E-state index in [1.807, 2.05) is 26.8 Å². The van der Waals surface area contributed by atoms with Crippen LogP contribution in [0.1, 0.15) is 54.4 Å². The van der Waals surface area contributed by atoms with Gasteiger partial charge in [0.15, 0.2) is 0 Å². The van der Waals surface area contributed by atoms with E-state index in [2.05, 4.69) is 15.5 Å². The first-order valence-corrected chi connectivity index (χ1v) is 12.5. The van der Waals surface area contributed by atoms with E-state index >= 15 is 0 Å². The standard InChI is InChI=1S/C24H28N4O4S/c1-16(2)25-23(29)19-7-4-6-18(14-19)22-26-24(32-27-22)20-8-5-13-28(15-20)33(30,31)21-11-9-17(3)10-12-21/h4,6-7,9-12,14,16,20H,5,8,13,15H2,1-3H3,(H,25,29)/t20-/m0/s1. The maximum Gasteiger partial charge on any atom is 0.251 e. The minimum absolute atomic E-state index is 0.0309. The number of rotatable bonds is 6. The molecule has 8 nitrogen and oxygen atoms in total. The van der Waals surface area contributed by atoms with E-state index in [1.54, 1.807) is 42.5 Å². The van der Waals surface area contributed by atoms with Gasteiger partial charge in [0.25, 0.3) is 5.91 Å². The molecule has 33 heavy (non-hydrogen) atoms. The highest BCUT2D eigenvalue weighted by Gasteiger charge is 2.33. The van der Waals surface area contributed by atoms with Crippen LogP contribution in [-0.2, 0) is 10.0 Å². The summed E-state index contributed by atoms with van der Waals surface area (Å²) >= 11 is 0. The summed E-state index contributed by atoms with van der Waals surface area (Å²) in [5.74, 6) is 0.431. The topological polar surface area (TPSA) is 105 Å². The third-order valence-corrected chi connectivity index (χ3v) is 7.52. The lowest BCUT2D eigenvalue weighted by Gasteiger charge is -2.30. The van der Waals surface area contributed by atoms with E-state index in [9.17, 15) is 13.2 Å². The van der Waals surface area contributed by atoms with Gasteiger partial charge in [0, 0.05) is 30.3 Å². The molecule has 0 bridgehead atoms. The molecular formula is C24H28N4O4S. The highest BCUT2D eigenvalue weighted by Crippen LogP contribution is 2.31. The van der Waals surface area contributed by atoms with Crippen molar-refractivity contribution in [1.29, 1.82) is 0 Å². The molecule has 9 heteroatoms. The Hall–Kier alpha value is -3.04. The molecule has 1 N–H and O–H groups in total. The quantitative estimate of drug-likeness (QED) is 0.591. The molecule has 2 heterocycles. The molecule has 0 radical (unpaired) electrons. The zero-order valence-electron chi connectivity index (χ0n) is 19.0. The van der Waals surface area contributed by atoms with Gasteiger partial charge in [-0.25, -0.2) is 8.42 Å². The second-order valence-corrected chi connectivity index (χ2v) is 10.6. The lowest BCUT2D eigenvalue weighted by molar-refractivity contribution is 0.0943. The summed E-state index contributed by atoms with van der Waals surface area (Å²) in [6, 6.07) is 14.0. The van der Waals surface area contributed by atoms with Crippen LogP contribution >= 0.6 is 0 Å². The van der Waals surface area contributed by atoms with Crippen molar-refractivity contribution in [2.45, 2.75) is 50.5 Å². The monoisotopic (exact) mass is 468 g/mol. The van der Waals surface area contributed by atoms with Crippen LogP contribution in [0, 0.1) is 6.92 Å². The van der Waals surface area contributed by atoms with E-state index in [4.69, 9.17) is 4.52 Å². The molecular weight excluding hydrogens is 440 g/mol. The Bertz CT molecular complexity index is 1240. The predicted molar refractivity (Wildman–Crippen MR) is 124 cm³/mol. The number of hydrogen-bond acceptors (Lipinski definition) is 6. The first kappa shape index (κ1) is 23.1. The number of piperidine rings is 1. The third kappa shape index (κ3) is 5.15. The number of nitrogens with one attached hydrogen (secondary N) is 1. The fraction of sp³-hybridized carbons (Fsp3) is 0.375. The van der Waals surface area contributed by atoms with Crippen LogP contribution < -0.4 is 5.32 Å². The first-order chi connectivity index (χ1) is 15.7. The van der Waals surface area contributed by atoms with Crippen LogP contribution in [0.5, 0.6) is 0 Å². The van der Waals surface area contributed by atoms with Crippen LogP contribution in [0.4, 0.5) is 0 Å². The van der Waals surface area contributed by atoms with Gasteiger partial charge in [-0.2, -0.15) is 9.29 Å². The molecule has 1 aliphatic heterocycles. The van der Waals surface area contributed by atoms with E-state index in [0.717, 1.165) is 12.0 Å². The van der Waals surface area contributed by atoms with Crippen molar-refractivity contribution < 1.29 is 17.7 Å². The van der Waals surface area contributed by atoms with Gasteiger partial charge in [0.2, 0.25) is 21.7 Å². The number of hydrogen-bond donors (Lipinski definition) is 1. The number of sulfonamides is 1. The maximum absolute atomic E-state index is 13.1. The Balaban J connectivity index is 1.52. The third-order valence-electron chi connectivity index (χ3n) is 5.64. The van der Waals surface area contributed by atoms with Crippen LogP contribution in [0.15, 0.2) is 57.9 Å². The lowest BCUT2D eigenvalue weighted by atomic mass is 10.00. The SMILES string of the molecule is Cc1ccc(S(=O)(=O)N2CCC[C@H](c3nc(-c4cccc(C(=O)NC(C)C)c4)no3)C2)cc1. The van der Waals surface area contributed by atoms with Gasteiger partial charge in [-0.15, -0.1) is 0 Å². The Labute approximate surface area is 194 Å². The number of amides is 1. The molecule has 0 unspecified atom stereocenters. The van der Waals surface area contributed by atoms with Gasteiger partial charge in [0.1, 0.15) is 0 Å². The van der Waals surface area contributed by atoms with Gasteiger partial charge in [-0.3, -0.25) is 4.79 Å². The zero-order valence-corrected chi connectivity index (χ0v) is 19.8. The van der Waals surface area contributed by atoms with E-state index in [-0.39, 0.29) is 29.3 Å². The van der Waals surface area contributed by atoms with Gasteiger partial charge >= 0.3 is 0 Å². The molecule has 1 atom stereocenters. The highest BCUT2D eigenvalue weighted by molar-refractivity contribution is 7.89. The number of nitrogens with zero attached hydrogens (tertiary/aromatic N) is 3. The van der Waals surface area contributed by atoms with Crippen molar-refractivity contribution in [3.8, 4) is 11.4 Å². The largest absolute Gasteiger partial charge is 0.350 e. The molecule has 0 spiro atoms. The minimum Gasteiger partial charge on any atom is -0.350 e. The first-order valence-electron chi connectivity index (χ1n) is 11.1. The summed E-state index contributed by atoms with van der Waals surface area (Å²) in [6.45, 7) is 6.47. The van der Waals surface area contributed by atoms with Crippen molar-refractivity contribution in [2.75, 3.05) is 13.1 Å². The second-order valence-electron chi connectivity index (χ2n) is 8.68. The van der Waals surface area contributed by atoms with E-state index in [1.165, 1.54) is 4.31 Å². The van der Waals surface area contributed by atoms with Gasteiger partial charge in [-0.05, 0) is 57.9 Å². The Morgan fingerprint density at radius 3 is 2.67 bits per heavy atom. The fourth-order valence-electron chi connectivity index (χ4n) is 3.88. The van der Waals surface area contributed by atoms with Crippen LogP contribution in [0.25, 0.3) is 11.4 Å². The molecule has 1 aliphatic rings. The minimum atomic E-state index is -3.59. The molecule has 4 rings (SSSR count). The summed E-state index contributed by atoms with van der Waals surface area (Å²) in [6.07, 6.45) is 1.47. The van der Waals surface area contributed by atoms with Crippen LogP contribution in [0.2, 0.25) is 0 Å². The summed E-state index contributed by atoms with van der Waals surface area (Å²) < 4.78 is 33.2. The smallest absolute Gasteiger partial charge is 0.251 e. The highest BCUT2D eigenvalue weighted by atomic mass is 32.2. The molecule has 174 valence electrons. The van der Waals surface area contributed by atoms with Crippen molar-refractivity contribution >= 4 is 15.9 Å². The summed E-state index contributed by atoms with van der Waals surface area (Å²) in [7, 11) is -3.59. The van der Waals surface area contributed by atoms with Crippen molar-refractivity contribution in [3.63, 3.8) is 0 Å². The van der Waals surface area contributed by atoms with Gasteiger partial charge in [-0.1, -0.05) is 35.0 Å². The average Bonchev–Trinajstić information content (AvgIpc) is 3.30. The number of aryl methyl sites for hydroxylation is 1. The number of carbonyl (C=O) groups excluding carboxylic acids is 1. The maximum atomic E-state index is 13.1. The molecule has 0 aliphatic carbocycles. The number of carbonyl (C=O) groups is 1. The van der Waals surface area contributed by atoms with Crippen molar-refractivity contribution in [1.82, 2.24) is 19.8 Å².